The number of aliphatic hydroxyl groups is 3. The molecule has 1 aliphatic heterocycles. The van der Waals surface area contributed by atoms with Gasteiger partial charge in [0.05, 0.1) is 18.1 Å². The van der Waals surface area contributed by atoms with Crippen LogP contribution in [0.1, 0.15) is 12.0 Å². The topological polar surface area (TPSA) is 123 Å². The second-order valence-electron chi connectivity index (χ2n) is 6.71. The third-order valence-corrected chi connectivity index (χ3v) is 5.25. The van der Waals surface area contributed by atoms with E-state index in [0.717, 1.165) is 0 Å². The molecular weight excluding hydrogens is 375 g/mol. The first-order chi connectivity index (χ1) is 12.9. The Morgan fingerprint density at radius 2 is 2.04 bits per heavy atom. The highest BCUT2D eigenvalue weighted by Crippen LogP contribution is 2.29. The molecule has 0 bridgehead atoms. The predicted molar refractivity (Wildman–Crippen MR) is 102 cm³/mol. The summed E-state index contributed by atoms with van der Waals surface area (Å²) >= 11 is 6.24. The first kappa shape index (κ1) is 19.9. The number of nitrogens with one attached hydrogen (secondary N) is 1. The molecule has 0 saturated heterocycles. The standard InChI is InChI=1S/C18H22ClFN4O3/c19-16-11(6-5-9-3-1-2-4-12(9)20)17(24-18(21)23-16)22-13-7-10(8-25)14(26)15(13)27/h1-6,10-11,13-15,17,22,25-27H,7-8H2,(H2,21,24)/b6-5+/t10-,11?,13-,14-,15+,17?/m1/s1. The summed E-state index contributed by atoms with van der Waals surface area (Å²) in [6.07, 6.45) is 0.867. The van der Waals surface area contributed by atoms with Crippen LogP contribution in [0.15, 0.2) is 40.3 Å². The van der Waals surface area contributed by atoms with E-state index in [1.807, 2.05) is 0 Å². The third kappa shape index (κ3) is 4.36. The van der Waals surface area contributed by atoms with Crippen molar-refractivity contribution in [3.63, 3.8) is 0 Å². The minimum absolute atomic E-state index is 0.0141. The van der Waals surface area contributed by atoms with Crippen LogP contribution in [0.2, 0.25) is 0 Å². The number of nitrogens with zero attached hydrogens (tertiary/aromatic N) is 2. The van der Waals surface area contributed by atoms with Crippen LogP contribution >= 0.6 is 11.6 Å². The fourth-order valence-electron chi connectivity index (χ4n) is 3.40. The molecule has 6 atom stereocenters. The lowest BCUT2D eigenvalue weighted by Gasteiger charge is -2.29. The van der Waals surface area contributed by atoms with Gasteiger partial charge in [0.15, 0.2) is 0 Å². The van der Waals surface area contributed by atoms with E-state index in [0.29, 0.717) is 12.0 Å². The van der Waals surface area contributed by atoms with Crippen molar-refractivity contribution in [1.82, 2.24) is 5.32 Å². The molecule has 1 aliphatic carbocycles. The van der Waals surface area contributed by atoms with Crippen LogP contribution in [0, 0.1) is 17.7 Å². The summed E-state index contributed by atoms with van der Waals surface area (Å²) in [5.74, 6) is -1.35. The molecule has 2 aliphatic rings. The van der Waals surface area contributed by atoms with E-state index in [1.54, 1.807) is 30.4 Å². The minimum Gasteiger partial charge on any atom is -0.396 e. The number of hydrogen-bond donors (Lipinski definition) is 5. The van der Waals surface area contributed by atoms with Crippen molar-refractivity contribution in [3.8, 4) is 0 Å². The first-order valence-corrected chi connectivity index (χ1v) is 9.01. The lowest BCUT2D eigenvalue weighted by Crippen LogP contribution is -2.49. The van der Waals surface area contributed by atoms with Gasteiger partial charge in [0.25, 0.3) is 0 Å². The van der Waals surface area contributed by atoms with Gasteiger partial charge in [-0.25, -0.2) is 14.4 Å². The zero-order chi connectivity index (χ0) is 19.6. The lowest BCUT2D eigenvalue weighted by atomic mass is 10.0. The number of benzene rings is 1. The zero-order valence-electron chi connectivity index (χ0n) is 14.4. The summed E-state index contributed by atoms with van der Waals surface area (Å²) in [5, 5.41) is 32.8. The maximum absolute atomic E-state index is 13.8. The molecule has 0 amide bonds. The summed E-state index contributed by atoms with van der Waals surface area (Å²) in [6.45, 7) is -0.231. The Bertz CT molecular complexity index is 773. The number of nitrogens with two attached hydrogens (primary N) is 1. The molecule has 1 aromatic carbocycles. The summed E-state index contributed by atoms with van der Waals surface area (Å²) in [7, 11) is 0. The molecule has 1 fully saturated rings. The highest BCUT2D eigenvalue weighted by atomic mass is 35.5. The van der Waals surface area contributed by atoms with E-state index in [-0.39, 0.29) is 23.6 Å². The maximum Gasteiger partial charge on any atom is 0.218 e. The molecule has 27 heavy (non-hydrogen) atoms. The Balaban J connectivity index is 1.79. The van der Waals surface area contributed by atoms with Crippen LogP contribution in [0.3, 0.4) is 0 Å². The summed E-state index contributed by atoms with van der Waals surface area (Å²) in [6, 6.07) is 5.79. The molecule has 1 saturated carbocycles. The van der Waals surface area contributed by atoms with Gasteiger partial charge in [0, 0.05) is 24.1 Å². The number of halogens is 2. The van der Waals surface area contributed by atoms with Gasteiger partial charge in [0.1, 0.15) is 17.2 Å². The molecule has 0 aromatic heterocycles. The van der Waals surface area contributed by atoms with Crippen molar-refractivity contribution >= 4 is 28.8 Å². The molecule has 6 N–H and O–H groups in total. The number of hydrogen-bond acceptors (Lipinski definition) is 7. The highest BCUT2D eigenvalue weighted by Gasteiger charge is 2.43. The van der Waals surface area contributed by atoms with Crippen molar-refractivity contribution in [1.29, 1.82) is 0 Å². The number of aliphatic imine (C=N–C) groups is 2. The molecule has 9 heteroatoms. The molecular formula is C18H22ClFN4O3. The van der Waals surface area contributed by atoms with Gasteiger partial charge in [-0.3, -0.25) is 5.32 Å². The Kier molecular flexibility index (Phi) is 6.23. The van der Waals surface area contributed by atoms with Gasteiger partial charge in [-0.2, -0.15) is 0 Å². The molecule has 7 nitrogen and oxygen atoms in total. The Morgan fingerprint density at radius 1 is 1.30 bits per heavy atom. The first-order valence-electron chi connectivity index (χ1n) is 8.64. The second kappa shape index (κ2) is 8.45. The van der Waals surface area contributed by atoms with Crippen molar-refractivity contribution in [2.24, 2.45) is 27.6 Å². The maximum atomic E-state index is 13.8. The van der Waals surface area contributed by atoms with Crippen molar-refractivity contribution < 1.29 is 19.7 Å². The van der Waals surface area contributed by atoms with Gasteiger partial charge < -0.3 is 21.1 Å². The van der Waals surface area contributed by atoms with E-state index in [1.165, 1.54) is 6.07 Å². The van der Waals surface area contributed by atoms with Gasteiger partial charge >= 0.3 is 0 Å². The van der Waals surface area contributed by atoms with E-state index in [4.69, 9.17) is 17.3 Å². The largest absolute Gasteiger partial charge is 0.396 e. The van der Waals surface area contributed by atoms with Crippen LogP contribution in [0.5, 0.6) is 0 Å². The summed E-state index contributed by atoms with van der Waals surface area (Å²) in [4.78, 5) is 8.20. The fraction of sp³-hybridized carbons (Fsp3) is 0.444. The van der Waals surface area contributed by atoms with Crippen LogP contribution in [-0.2, 0) is 0 Å². The normalized spacial score (nSPS) is 34.0. The lowest BCUT2D eigenvalue weighted by molar-refractivity contribution is -0.00132. The molecule has 146 valence electrons. The molecule has 2 unspecified atom stereocenters. The molecule has 1 aromatic rings. The van der Waals surface area contributed by atoms with Crippen LogP contribution in [-0.4, -0.2) is 57.5 Å². The molecule has 0 spiro atoms. The summed E-state index contributed by atoms with van der Waals surface area (Å²) < 4.78 is 13.8. The van der Waals surface area contributed by atoms with Crippen molar-refractivity contribution in [3.05, 3.63) is 41.7 Å². The highest BCUT2D eigenvalue weighted by molar-refractivity contribution is 6.67. The van der Waals surface area contributed by atoms with Crippen LogP contribution < -0.4 is 11.1 Å². The Morgan fingerprint density at radius 3 is 2.70 bits per heavy atom. The van der Waals surface area contributed by atoms with E-state index in [9.17, 15) is 19.7 Å². The minimum atomic E-state index is -1.06. The molecule has 0 radical (unpaired) electrons. The smallest absolute Gasteiger partial charge is 0.218 e. The fourth-order valence-corrected chi connectivity index (χ4v) is 3.68. The SMILES string of the molecule is NC1=NC(N[C@@H]2C[C@H](CO)[C@@H](O)[C@H]2O)C(/C=C/c2ccccc2F)C(Cl)=N1. The Hall–Kier alpha value is -1.84. The zero-order valence-corrected chi connectivity index (χ0v) is 15.2. The van der Waals surface area contributed by atoms with E-state index < -0.39 is 36.3 Å². The van der Waals surface area contributed by atoms with E-state index >= 15 is 0 Å². The average molecular weight is 397 g/mol. The van der Waals surface area contributed by atoms with E-state index in [2.05, 4.69) is 15.3 Å². The number of rotatable bonds is 5. The third-order valence-electron chi connectivity index (χ3n) is 4.92. The quantitative estimate of drug-likeness (QED) is 0.494. The second-order valence-corrected chi connectivity index (χ2v) is 7.09. The van der Waals surface area contributed by atoms with Gasteiger partial charge in [-0.05, 0) is 12.5 Å². The number of aliphatic hydroxyl groups excluding tert-OH is 3. The van der Waals surface area contributed by atoms with Gasteiger partial charge in [-0.1, -0.05) is 42.0 Å². The van der Waals surface area contributed by atoms with Crippen molar-refractivity contribution in [2.45, 2.75) is 30.8 Å². The molecule has 1 heterocycles. The number of guanidine groups is 1. The molecule has 3 rings (SSSR count). The average Bonchev–Trinajstić information content (AvgIpc) is 2.90. The van der Waals surface area contributed by atoms with Gasteiger partial charge in [-0.15, -0.1) is 0 Å². The summed E-state index contributed by atoms with van der Waals surface area (Å²) in [5.41, 5.74) is 6.09. The predicted octanol–water partition coefficient (Wildman–Crippen LogP) is 0.439. The monoisotopic (exact) mass is 396 g/mol. The van der Waals surface area contributed by atoms with Crippen LogP contribution in [0.25, 0.3) is 6.08 Å². The van der Waals surface area contributed by atoms with Crippen LogP contribution in [0.4, 0.5) is 4.39 Å². The van der Waals surface area contributed by atoms with Crippen molar-refractivity contribution in [2.75, 3.05) is 6.61 Å². The Labute approximate surface area is 161 Å². The van der Waals surface area contributed by atoms with Gasteiger partial charge in [0.2, 0.25) is 5.96 Å².